The number of aryl methyl sites for hydroxylation is 2. The number of benzene rings is 2. The van der Waals surface area contributed by atoms with Gasteiger partial charge in [0.2, 0.25) is 23.3 Å². The number of nitrogens with one attached hydrogen (secondary N) is 1. The van der Waals surface area contributed by atoms with Crippen LogP contribution in [-0.4, -0.2) is 214 Å². The number of fused-ring (bicyclic) bond motifs is 5. The van der Waals surface area contributed by atoms with E-state index in [-0.39, 0.29) is 121 Å². The van der Waals surface area contributed by atoms with Crippen LogP contribution >= 0.6 is 0 Å². The van der Waals surface area contributed by atoms with Crippen LogP contribution in [-0.2, 0) is 135 Å². The Kier molecular flexibility index (Phi) is 36.2. The van der Waals surface area contributed by atoms with Crippen molar-refractivity contribution in [2.45, 2.75) is 163 Å². The number of likely N-dealkylation sites (tertiary alicyclic amines) is 1. The Bertz CT molecular complexity index is 3840. The van der Waals surface area contributed by atoms with E-state index in [4.69, 9.17) is 67.6 Å². The number of unbranched alkanes of at least 4 members (excludes halogenated alkanes) is 1. The van der Waals surface area contributed by atoms with Gasteiger partial charge in [-0.05, 0) is 131 Å². The first-order valence-corrected chi connectivity index (χ1v) is 38.4. The number of pyridine rings is 2. The lowest BCUT2D eigenvalue weighted by Crippen LogP contribution is -2.47. The van der Waals surface area contributed by atoms with E-state index in [0.717, 1.165) is 73.6 Å². The average molecular weight is 1520 g/mol. The van der Waals surface area contributed by atoms with Gasteiger partial charge < -0.3 is 77.6 Å². The van der Waals surface area contributed by atoms with Gasteiger partial charge in [0.15, 0.2) is 11.6 Å². The lowest BCUT2D eigenvalue weighted by atomic mass is 9.79. The molecule has 598 valence electrons. The second-order valence-corrected chi connectivity index (χ2v) is 27.6. The van der Waals surface area contributed by atoms with Gasteiger partial charge in [0.1, 0.15) is 38.0 Å². The number of rotatable bonds is 50. The fourth-order valence-corrected chi connectivity index (χ4v) is 13.5. The summed E-state index contributed by atoms with van der Waals surface area (Å²) >= 11 is 0. The van der Waals surface area contributed by atoms with Crippen molar-refractivity contribution in [2.75, 3.05) is 137 Å². The van der Waals surface area contributed by atoms with E-state index >= 15 is 0 Å². The smallest absolute Gasteiger partial charge is 0.508 e. The van der Waals surface area contributed by atoms with Gasteiger partial charge in [-0.25, -0.2) is 19.3 Å². The molecule has 3 amide bonds. The number of ether oxygens (including phenoxy) is 12. The Hall–Kier alpha value is -8.30. The van der Waals surface area contributed by atoms with E-state index in [0.29, 0.717) is 192 Å². The highest BCUT2D eigenvalue weighted by atomic mass is 16.7. The third-order valence-electron chi connectivity index (χ3n) is 19.6. The van der Waals surface area contributed by atoms with Crippen LogP contribution in [0.15, 0.2) is 59.5 Å². The number of aromatic nitrogens is 5. The summed E-state index contributed by atoms with van der Waals surface area (Å²) in [5.74, 6) is -0.743. The number of cyclic esters (lactones) is 1. The fraction of sp³-hybridized carbons (Fsp3) is 0.620. The van der Waals surface area contributed by atoms with Crippen LogP contribution in [0.4, 0.5) is 10.5 Å². The number of carbonyl (C=O) groups excluding carboxylic acids is 8. The van der Waals surface area contributed by atoms with Crippen molar-refractivity contribution in [3.63, 3.8) is 0 Å². The highest BCUT2D eigenvalue weighted by Crippen LogP contribution is 2.43. The maximum absolute atomic E-state index is 13.9. The van der Waals surface area contributed by atoms with Crippen LogP contribution in [0.2, 0.25) is 0 Å². The van der Waals surface area contributed by atoms with Gasteiger partial charge in [0, 0.05) is 85.0 Å². The number of phenols is 1. The van der Waals surface area contributed by atoms with Crippen molar-refractivity contribution in [1.82, 2.24) is 29.4 Å². The maximum Gasteiger partial charge on any atom is 0.510 e. The van der Waals surface area contributed by atoms with Crippen molar-refractivity contribution in [1.29, 1.82) is 0 Å². The molecule has 1 aliphatic carbocycles. The van der Waals surface area contributed by atoms with Crippen LogP contribution in [0.1, 0.15) is 152 Å². The molecule has 0 bridgehead atoms. The Morgan fingerprint density at radius 2 is 1.37 bits per heavy atom. The van der Waals surface area contributed by atoms with Gasteiger partial charge in [-0.3, -0.25) is 38.5 Å². The van der Waals surface area contributed by atoms with Crippen LogP contribution in [0.5, 0.6) is 5.75 Å². The SMILES string of the molecule is CC(=O)COCC(=O)CCCOCCOCCOCCOCCOCCOCCOCCOCCn1cc(CCC(=O)C2CCC(CN3C(=O)CC(C)C3=O)CC2)nn1.CCc1c2c(nc3ccc(O)cc13)-c1cc3c(c(=O)n1C2)COC(=O)C3(CC)OC(=O)OCc1ccc(NC(=O)C(CC)CCCCN)cc1. The topological polar surface area (TPSA) is 374 Å². The molecule has 2 aromatic carbocycles. The molecule has 4 N–H and O–H groups in total. The molecule has 2 fully saturated rings. The Morgan fingerprint density at radius 3 is 1.95 bits per heavy atom. The number of esters is 1. The third-order valence-corrected chi connectivity index (χ3v) is 19.6. The molecule has 3 aliphatic heterocycles. The van der Waals surface area contributed by atoms with E-state index in [1.165, 1.54) is 11.8 Å². The zero-order valence-electron chi connectivity index (χ0n) is 63.9. The number of nitrogens with two attached hydrogens (primary N) is 1. The van der Waals surface area contributed by atoms with E-state index < -0.39 is 17.7 Å². The molecule has 0 spiro atoms. The number of imide groups is 1. The lowest BCUT2D eigenvalue weighted by Gasteiger charge is -2.35. The molecule has 4 aliphatic rings. The van der Waals surface area contributed by atoms with Crippen molar-refractivity contribution in [3.05, 3.63) is 98.6 Å². The van der Waals surface area contributed by atoms with Gasteiger partial charge >= 0.3 is 12.1 Å². The molecular formula is C79H110N8O22. The number of hydrogen-bond acceptors (Lipinski definition) is 26. The molecular weight excluding hydrogens is 1410 g/mol. The molecule has 1 saturated carbocycles. The number of Topliss-reactive ketones (excluding diaryl/α,β-unsaturated/α-hetero) is 3. The Morgan fingerprint density at radius 1 is 0.734 bits per heavy atom. The normalized spacial score (nSPS) is 17.5. The molecule has 109 heavy (non-hydrogen) atoms. The lowest BCUT2D eigenvalue weighted by molar-refractivity contribution is -0.175. The van der Waals surface area contributed by atoms with Crippen LogP contribution in [0.25, 0.3) is 22.3 Å². The number of ketones is 3. The molecule has 0 radical (unpaired) electrons. The van der Waals surface area contributed by atoms with Crippen LogP contribution in [0.3, 0.4) is 0 Å². The van der Waals surface area contributed by atoms with Gasteiger partial charge in [-0.2, -0.15) is 0 Å². The minimum atomic E-state index is -1.91. The maximum atomic E-state index is 13.9. The minimum Gasteiger partial charge on any atom is -0.508 e. The standard InChI is InChI=1S/C41H68N4O14.C38H42N4O8/c1-33-28-40(49)45(41(33)50)29-35-5-7-36(8-6-35)39(48)10-9-37-30-44(43-42-37)11-13-52-15-17-54-19-21-56-23-25-58-27-26-57-24-22-55-20-18-53-16-14-51-12-3-4-38(47)32-59-31-34(2)46;1-4-23(9-7-8-16-39)34(44)40-24-12-10-22(11-13-24)20-49-37(47)50-38(6-3)30-18-32-33-28(19-42(32)35(45)29(30)21-48-36(38)46)26(5-2)27-17-25(43)14-15-31(27)41-33/h30,33,35-36H,3-29,31-32H2,1-2H3;10-15,17-18,23,43H,4-9,16,19-21,39H2,1-3H3,(H,40,44). The van der Waals surface area contributed by atoms with Crippen molar-refractivity contribution in [2.24, 2.45) is 29.4 Å². The minimum absolute atomic E-state index is 0.00626. The first-order valence-electron chi connectivity index (χ1n) is 38.4. The summed E-state index contributed by atoms with van der Waals surface area (Å²) in [5, 5.41) is 22.2. The van der Waals surface area contributed by atoms with E-state index in [1.54, 1.807) is 71.6 Å². The molecule has 5 aromatic rings. The van der Waals surface area contributed by atoms with Gasteiger partial charge in [0.25, 0.3) is 5.56 Å². The summed E-state index contributed by atoms with van der Waals surface area (Å²) in [7, 11) is 0. The zero-order valence-corrected chi connectivity index (χ0v) is 63.9. The highest BCUT2D eigenvalue weighted by molar-refractivity contribution is 6.03. The number of anilines is 1. The highest BCUT2D eigenvalue weighted by Gasteiger charge is 2.51. The average Bonchev–Trinajstić information content (AvgIpc) is 1.61. The molecule has 6 heterocycles. The summed E-state index contributed by atoms with van der Waals surface area (Å²) in [6, 6.07) is 13.6. The monoisotopic (exact) mass is 1520 g/mol. The van der Waals surface area contributed by atoms with Gasteiger partial charge in [-0.15, -0.1) is 5.10 Å². The van der Waals surface area contributed by atoms with Gasteiger partial charge in [0.05, 0.1) is 140 Å². The van der Waals surface area contributed by atoms with E-state index in [2.05, 4.69) is 15.6 Å². The summed E-state index contributed by atoms with van der Waals surface area (Å²) < 4.78 is 69.0. The van der Waals surface area contributed by atoms with Crippen molar-refractivity contribution >= 4 is 63.8 Å². The Balaban J connectivity index is 0.000000277. The summed E-state index contributed by atoms with van der Waals surface area (Å²) in [5.41, 5.74) is 9.42. The predicted octanol–water partition coefficient (Wildman–Crippen LogP) is 7.87. The number of phenolic OH excluding ortho intramolecular Hbond substituents is 1. The quantitative estimate of drug-likeness (QED) is 0.0186. The van der Waals surface area contributed by atoms with E-state index in [9.17, 15) is 48.3 Å². The van der Waals surface area contributed by atoms with Gasteiger partial charge in [-0.1, -0.05) is 51.5 Å². The molecule has 3 unspecified atom stereocenters. The first kappa shape index (κ1) is 86.3. The summed E-state index contributed by atoms with van der Waals surface area (Å²) in [6.07, 6.45) is 10.3. The predicted molar refractivity (Wildman–Crippen MR) is 398 cm³/mol. The second-order valence-electron chi connectivity index (χ2n) is 27.6. The van der Waals surface area contributed by atoms with Crippen molar-refractivity contribution in [3.8, 4) is 17.1 Å². The number of aromatic hydroxyl groups is 1. The third kappa shape index (κ3) is 26.4. The molecule has 9 rings (SSSR count). The zero-order chi connectivity index (χ0) is 77.9. The number of amides is 3. The first-order chi connectivity index (χ1) is 52.9. The number of hydrogen-bond donors (Lipinski definition) is 3. The fourth-order valence-electron chi connectivity index (χ4n) is 13.5. The molecule has 30 nitrogen and oxygen atoms in total. The Labute approximate surface area is 636 Å². The summed E-state index contributed by atoms with van der Waals surface area (Å²) in [6.45, 7) is 17.7. The van der Waals surface area contributed by atoms with Crippen LogP contribution in [0, 0.1) is 23.7 Å². The molecule has 3 aromatic heterocycles. The van der Waals surface area contributed by atoms with E-state index in [1.807, 2.05) is 20.0 Å². The molecule has 3 atom stereocenters. The second kappa shape index (κ2) is 45.8. The number of carbonyl (C=O) groups is 8. The summed E-state index contributed by atoms with van der Waals surface area (Å²) in [4.78, 5) is 119. The molecule has 30 heteroatoms. The number of nitrogens with zero attached hydrogens (tertiary/aromatic N) is 6. The molecule has 1 saturated heterocycles. The largest absolute Gasteiger partial charge is 0.510 e. The van der Waals surface area contributed by atoms with Crippen molar-refractivity contribution < 1.29 is 100 Å². The van der Waals surface area contributed by atoms with Crippen LogP contribution < -0.4 is 16.6 Å².